The van der Waals surface area contributed by atoms with Gasteiger partial charge in [0.2, 0.25) is 0 Å². The molecule has 1 aromatic rings. The molecule has 1 rings (SSSR count). The van der Waals surface area contributed by atoms with E-state index in [9.17, 15) is 0 Å². The summed E-state index contributed by atoms with van der Waals surface area (Å²) in [6.07, 6.45) is 1.10. The molecular weight excluding hydrogens is 230 g/mol. The average molecular weight is 254 g/mol. The second-order valence-electron chi connectivity index (χ2n) is 5.14. The van der Waals surface area contributed by atoms with Crippen molar-refractivity contribution in [3.63, 3.8) is 0 Å². The van der Waals surface area contributed by atoms with Crippen LogP contribution in [0.4, 0.5) is 0 Å². The lowest BCUT2D eigenvalue weighted by molar-refractivity contribution is 0.366. The fraction of sp³-hybridized carbons (Fsp3) is 0.600. The number of rotatable bonds is 6. The molecule has 0 aliphatic carbocycles. The summed E-state index contributed by atoms with van der Waals surface area (Å²) in [6.45, 7) is 10.1. The molecule has 0 saturated carbocycles. The highest BCUT2D eigenvalue weighted by molar-refractivity contribution is 6.30. The van der Waals surface area contributed by atoms with Gasteiger partial charge in [-0.2, -0.15) is 0 Å². The summed E-state index contributed by atoms with van der Waals surface area (Å²) in [5, 5.41) is 4.45. The topological polar surface area (TPSA) is 12.0 Å². The lowest BCUT2D eigenvalue weighted by Crippen LogP contribution is -2.28. The van der Waals surface area contributed by atoms with Crippen LogP contribution in [0.2, 0.25) is 5.02 Å². The van der Waals surface area contributed by atoms with Crippen LogP contribution in [-0.2, 0) is 0 Å². The van der Waals surface area contributed by atoms with Gasteiger partial charge < -0.3 is 5.32 Å². The molecule has 2 unspecified atom stereocenters. The van der Waals surface area contributed by atoms with Crippen LogP contribution in [0.1, 0.15) is 45.7 Å². The monoisotopic (exact) mass is 253 g/mol. The van der Waals surface area contributed by atoms with Crippen molar-refractivity contribution in [3.8, 4) is 0 Å². The highest BCUT2D eigenvalue weighted by Crippen LogP contribution is 2.20. The fourth-order valence-electron chi connectivity index (χ4n) is 1.76. The zero-order chi connectivity index (χ0) is 12.8. The van der Waals surface area contributed by atoms with Gasteiger partial charge >= 0.3 is 0 Å². The molecule has 0 aromatic heterocycles. The van der Waals surface area contributed by atoms with Gasteiger partial charge in [-0.3, -0.25) is 0 Å². The summed E-state index contributed by atoms with van der Waals surface area (Å²) in [6, 6.07) is 8.60. The highest BCUT2D eigenvalue weighted by atomic mass is 35.5. The molecule has 0 saturated heterocycles. The second-order valence-corrected chi connectivity index (χ2v) is 5.58. The normalized spacial score (nSPS) is 14.9. The zero-order valence-corrected chi connectivity index (χ0v) is 12.1. The van der Waals surface area contributed by atoms with E-state index in [1.165, 1.54) is 5.56 Å². The van der Waals surface area contributed by atoms with Gasteiger partial charge in [-0.1, -0.05) is 51.4 Å². The largest absolute Gasteiger partial charge is 0.310 e. The fourth-order valence-corrected chi connectivity index (χ4v) is 1.88. The van der Waals surface area contributed by atoms with Crippen molar-refractivity contribution in [1.29, 1.82) is 0 Å². The first-order chi connectivity index (χ1) is 8.04. The first kappa shape index (κ1) is 14.5. The minimum Gasteiger partial charge on any atom is -0.310 e. The van der Waals surface area contributed by atoms with E-state index in [1.54, 1.807) is 0 Å². The first-order valence-electron chi connectivity index (χ1n) is 6.53. The van der Waals surface area contributed by atoms with Gasteiger partial charge in [-0.15, -0.1) is 0 Å². The molecule has 2 heteroatoms. The van der Waals surface area contributed by atoms with Crippen molar-refractivity contribution in [2.24, 2.45) is 11.8 Å². The van der Waals surface area contributed by atoms with Gasteiger partial charge in [0.05, 0.1) is 0 Å². The van der Waals surface area contributed by atoms with Crippen LogP contribution >= 0.6 is 11.6 Å². The standard InChI is InChI=1S/C15H24ClN/c1-5-15(17-10-12(4)11(2)3)13-6-8-14(16)9-7-13/h6-9,11-12,15,17H,5,10H2,1-4H3. The van der Waals surface area contributed by atoms with Crippen molar-refractivity contribution >= 4 is 11.6 Å². The zero-order valence-electron chi connectivity index (χ0n) is 11.3. The Bertz CT molecular complexity index is 318. The van der Waals surface area contributed by atoms with Crippen molar-refractivity contribution in [1.82, 2.24) is 5.32 Å². The molecule has 0 amide bonds. The third-order valence-corrected chi connectivity index (χ3v) is 3.76. The van der Waals surface area contributed by atoms with Crippen molar-refractivity contribution in [2.45, 2.75) is 40.2 Å². The molecule has 0 heterocycles. The van der Waals surface area contributed by atoms with E-state index >= 15 is 0 Å². The number of benzene rings is 1. The molecule has 0 spiro atoms. The predicted molar refractivity (Wildman–Crippen MR) is 76.5 cm³/mol. The molecular formula is C15H24ClN. The Morgan fingerprint density at radius 2 is 1.71 bits per heavy atom. The summed E-state index contributed by atoms with van der Waals surface area (Å²) in [7, 11) is 0. The minimum atomic E-state index is 0.438. The molecule has 2 atom stereocenters. The number of hydrogen-bond donors (Lipinski definition) is 1. The van der Waals surface area contributed by atoms with E-state index < -0.39 is 0 Å². The first-order valence-corrected chi connectivity index (χ1v) is 6.91. The average Bonchev–Trinajstić information content (AvgIpc) is 2.31. The van der Waals surface area contributed by atoms with Gasteiger partial charge in [0.15, 0.2) is 0 Å². The van der Waals surface area contributed by atoms with Crippen molar-refractivity contribution in [2.75, 3.05) is 6.54 Å². The summed E-state index contributed by atoms with van der Waals surface area (Å²) >= 11 is 5.91. The number of hydrogen-bond acceptors (Lipinski definition) is 1. The van der Waals surface area contributed by atoms with Gasteiger partial charge in [0, 0.05) is 11.1 Å². The SMILES string of the molecule is CCC(NCC(C)C(C)C)c1ccc(Cl)cc1. The van der Waals surface area contributed by atoms with E-state index in [-0.39, 0.29) is 0 Å². The van der Waals surface area contributed by atoms with Crippen LogP contribution < -0.4 is 5.32 Å². The van der Waals surface area contributed by atoms with Crippen LogP contribution in [0, 0.1) is 11.8 Å². The molecule has 0 radical (unpaired) electrons. The van der Waals surface area contributed by atoms with Crippen LogP contribution in [0.5, 0.6) is 0 Å². The third-order valence-electron chi connectivity index (χ3n) is 3.50. The van der Waals surface area contributed by atoms with E-state index in [2.05, 4.69) is 45.1 Å². The summed E-state index contributed by atoms with van der Waals surface area (Å²) in [5.74, 6) is 1.43. The molecule has 1 N–H and O–H groups in total. The lowest BCUT2D eigenvalue weighted by Gasteiger charge is -2.22. The quantitative estimate of drug-likeness (QED) is 0.777. The lowest BCUT2D eigenvalue weighted by atomic mass is 9.97. The number of nitrogens with one attached hydrogen (secondary N) is 1. The number of halogens is 1. The van der Waals surface area contributed by atoms with Crippen LogP contribution in [0.3, 0.4) is 0 Å². The molecule has 1 nitrogen and oxygen atoms in total. The molecule has 1 aromatic carbocycles. The smallest absolute Gasteiger partial charge is 0.0406 e. The Kier molecular flexibility index (Phi) is 6.01. The van der Waals surface area contributed by atoms with E-state index in [0.29, 0.717) is 12.0 Å². The van der Waals surface area contributed by atoms with Crippen molar-refractivity contribution < 1.29 is 0 Å². The van der Waals surface area contributed by atoms with Crippen LogP contribution in [0.15, 0.2) is 24.3 Å². The minimum absolute atomic E-state index is 0.438. The highest BCUT2D eigenvalue weighted by Gasteiger charge is 2.12. The van der Waals surface area contributed by atoms with Crippen LogP contribution in [0.25, 0.3) is 0 Å². The molecule has 17 heavy (non-hydrogen) atoms. The predicted octanol–water partition coefficient (Wildman–Crippen LogP) is 4.67. The molecule has 0 aliphatic heterocycles. The Balaban J connectivity index is 2.57. The van der Waals surface area contributed by atoms with E-state index in [1.807, 2.05) is 12.1 Å². The maximum absolute atomic E-state index is 5.91. The van der Waals surface area contributed by atoms with Crippen LogP contribution in [-0.4, -0.2) is 6.54 Å². The summed E-state index contributed by atoms with van der Waals surface area (Å²) in [5.41, 5.74) is 1.33. The Morgan fingerprint density at radius 3 is 2.18 bits per heavy atom. The maximum Gasteiger partial charge on any atom is 0.0406 e. The molecule has 0 bridgehead atoms. The summed E-state index contributed by atoms with van der Waals surface area (Å²) in [4.78, 5) is 0. The Hall–Kier alpha value is -0.530. The third kappa shape index (κ3) is 4.69. The van der Waals surface area contributed by atoms with Gasteiger partial charge in [0.1, 0.15) is 0 Å². The Labute approximate surface area is 111 Å². The molecule has 0 fully saturated rings. The van der Waals surface area contributed by atoms with Gasteiger partial charge in [-0.05, 0) is 42.5 Å². The summed E-state index contributed by atoms with van der Waals surface area (Å²) < 4.78 is 0. The van der Waals surface area contributed by atoms with Gasteiger partial charge in [-0.25, -0.2) is 0 Å². The van der Waals surface area contributed by atoms with E-state index in [4.69, 9.17) is 11.6 Å². The molecule has 96 valence electrons. The second kappa shape index (κ2) is 7.03. The van der Waals surface area contributed by atoms with E-state index in [0.717, 1.165) is 23.9 Å². The van der Waals surface area contributed by atoms with Gasteiger partial charge in [0.25, 0.3) is 0 Å². The maximum atomic E-state index is 5.91. The Morgan fingerprint density at radius 1 is 1.12 bits per heavy atom. The molecule has 0 aliphatic rings. The van der Waals surface area contributed by atoms with Crippen molar-refractivity contribution in [3.05, 3.63) is 34.9 Å².